The maximum atomic E-state index is 13.1. The minimum Gasteiger partial charge on any atom is -0.497 e. The van der Waals surface area contributed by atoms with Gasteiger partial charge in [-0.25, -0.2) is 0 Å². The number of piperidine rings is 1. The number of hydrogen-bond acceptors (Lipinski definition) is 4. The van der Waals surface area contributed by atoms with Crippen molar-refractivity contribution in [3.63, 3.8) is 0 Å². The van der Waals surface area contributed by atoms with E-state index in [-0.39, 0.29) is 11.9 Å². The maximum absolute atomic E-state index is 13.1. The first-order valence-corrected chi connectivity index (χ1v) is 10.6. The number of hydrogen-bond donors (Lipinski definition) is 1. The largest absolute Gasteiger partial charge is 0.497 e. The van der Waals surface area contributed by atoms with Gasteiger partial charge in [0.05, 0.1) is 18.2 Å². The second-order valence-electron chi connectivity index (χ2n) is 8.21. The van der Waals surface area contributed by atoms with E-state index < -0.39 is 0 Å². The van der Waals surface area contributed by atoms with Crippen molar-refractivity contribution < 1.29 is 9.53 Å². The molecule has 0 saturated carbocycles. The van der Waals surface area contributed by atoms with Crippen LogP contribution in [0.3, 0.4) is 0 Å². The lowest BCUT2D eigenvalue weighted by molar-refractivity contribution is 0.0910. The van der Waals surface area contributed by atoms with Gasteiger partial charge in [-0.15, -0.1) is 0 Å². The van der Waals surface area contributed by atoms with Gasteiger partial charge in [-0.1, -0.05) is 23.8 Å². The number of amides is 1. The van der Waals surface area contributed by atoms with Crippen molar-refractivity contribution >= 4 is 16.8 Å². The lowest BCUT2D eigenvalue weighted by Gasteiger charge is -2.32. The van der Waals surface area contributed by atoms with Gasteiger partial charge < -0.3 is 10.1 Å². The van der Waals surface area contributed by atoms with Crippen LogP contribution in [-0.2, 0) is 6.54 Å². The molecule has 1 aromatic heterocycles. The normalized spacial score (nSPS) is 15.3. The Morgan fingerprint density at radius 1 is 1.13 bits per heavy atom. The molecule has 1 saturated heterocycles. The van der Waals surface area contributed by atoms with Crippen molar-refractivity contribution in [2.45, 2.75) is 39.3 Å². The summed E-state index contributed by atoms with van der Waals surface area (Å²) in [6.07, 6.45) is 1.91. The molecule has 0 radical (unpaired) electrons. The van der Waals surface area contributed by atoms with Crippen LogP contribution in [0.25, 0.3) is 10.9 Å². The summed E-state index contributed by atoms with van der Waals surface area (Å²) >= 11 is 0. The average Bonchev–Trinajstić information content (AvgIpc) is 2.75. The van der Waals surface area contributed by atoms with Crippen LogP contribution in [-0.4, -0.2) is 42.0 Å². The number of carbonyl (C=O) groups is 1. The molecule has 1 aliphatic heterocycles. The highest BCUT2D eigenvalue weighted by Crippen LogP contribution is 2.22. The quantitative estimate of drug-likeness (QED) is 0.692. The Kier molecular flexibility index (Phi) is 6.00. The fourth-order valence-corrected chi connectivity index (χ4v) is 4.19. The van der Waals surface area contributed by atoms with E-state index in [1.807, 2.05) is 50.2 Å². The van der Waals surface area contributed by atoms with Gasteiger partial charge in [-0.05, 0) is 62.6 Å². The van der Waals surface area contributed by atoms with Gasteiger partial charge in [0.2, 0.25) is 0 Å². The summed E-state index contributed by atoms with van der Waals surface area (Å²) < 4.78 is 5.32. The Balaban J connectivity index is 1.39. The van der Waals surface area contributed by atoms with E-state index in [0.717, 1.165) is 65.9 Å². The minimum atomic E-state index is 0.00217. The lowest BCUT2D eigenvalue weighted by atomic mass is 10.0. The summed E-state index contributed by atoms with van der Waals surface area (Å²) in [5.74, 6) is 0.895. The van der Waals surface area contributed by atoms with Gasteiger partial charge in [0, 0.05) is 36.8 Å². The first-order valence-electron chi connectivity index (χ1n) is 10.6. The highest BCUT2D eigenvalue weighted by atomic mass is 16.5. The van der Waals surface area contributed by atoms with Crippen molar-refractivity contribution in [1.29, 1.82) is 0 Å². The van der Waals surface area contributed by atoms with E-state index in [1.165, 1.54) is 5.56 Å². The van der Waals surface area contributed by atoms with Gasteiger partial charge in [0.1, 0.15) is 5.75 Å². The lowest BCUT2D eigenvalue weighted by Crippen LogP contribution is -2.44. The molecule has 1 aliphatic rings. The summed E-state index contributed by atoms with van der Waals surface area (Å²) in [4.78, 5) is 20.1. The topological polar surface area (TPSA) is 54.5 Å². The third-order valence-electron chi connectivity index (χ3n) is 5.80. The van der Waals surface area contributed by atoms with Crippen LogP contribution in [0, 0.1) is 13.8 Å². The Morgan fingerprint density at radius 2 is 1.93 bits per heavy atom. The maximum Gasteiger partial charge on any atom is 0.252 e. The van der Waals surface area contributed by atoms with Gasteiger partial charge in [-0.3, -0.25) is 14.7 Å². The van der Waals surface area contributed by atoms with E-state index in [4.69, 9.17) is 4.74 Å². The number of carbonyl (C=O) groups excluding carboxylic acids is 1. The number of methoxy groups -OCH3 is 1. The molecule has 0 spiro atoms. The fourth-order valence-electron chi connectivity index (χ4n) is 4.19. The predicted molar refractivity (Wildman–Crippen MR) is 120 cm³/mol. The van der Waals surface area contributed by atoms with Crippen LogP contribution in [0.5, 0.6) is 5.75 Å². The molecule has 0 bridgehead atoms. The third kappa shape index (κ3) is 4.62. The minimum absolute atomic E-state index is 0.00217. The number of aromatic nitrogens is 1. The van der Waals surface area contributed by atoms with Gasteiger partial charge in [-0.2, -0.15) is 0 Å². The molecule has 0 aliphatic carbocycles. The van der Waals surface area contributed by atoms with E-state index in [1.54, 1.807) is 7.11 Å². The van der Waals surface area contributed by atoms with Crippen LogP contribution in [0.1, 0.15) is 40.0 Å². The Labute approximate surface area is 178 Å². The van der Waals surface area contributed by atoms with Crippen LogP contribution in [0.2, 0.25) is 0 Å². The molecule has 0 atom stereocenters. The summed E-state index contributed by atoms with van der Waals surface area (Å²) in [5, 5.41) is 4.19. The van der Waals surface area contributed by atoms with Gasteiger partial charge >= 0.3 is 0 Å². The zero-order valence-corrected chi connectivity index (χ0v) is 17.9. The molecule has 3 aromatic rings. The molecule has 2 aromatic carbocycles. The summed E-state index contributed by atoms with van der Waals surface area (Å²) in [6, 6.07) is 16.4. The number of fused-ring (bicyclic) bond motifs is 1. The number of aryl methyl sites for hydroxylation is 2. The van der Waals surface area contributed by atoms with Crippen molar-refractivity contribution in [1.82, 2.24) is 15.2 Å². The molecule has 5 heteroatoms. The highest BCUT2D eigenvalue weighted by Gasteiger charge is 2.22. The zero-order chi connectivity index (χ0) is 21.1. The van der Waals surface area contributed by atoms with E-state index >= 15 is 0 Å². The smallest absolute Gasteiger partial charge is 0.252 e. The second-order valence-corrected chi connectivity index (χ2v) is 8.21. The molecule has 0 unspecified atom stereocenters. The molecule has 1 fully saturated rings. The number of pyridine rings is 1. The van der Waals surface area contributed by atoms with Crippen molar-refractivity contribution in [2.75, 3.05) is 20.2 Å². The van der Waals surface area contributed by atoms with Crippen molar-refractivity contribution in [2.24, 2.45) is 0 Å². The van der Waals surface area contributed by atoms with E-state index in [0.29, 0.717) is 0 Å². The zero-order valence-electron chi connectivity index (χ0n) is 17.9. The number of nitrogens with zero attached hydrogens (tertiary/aromatic N) is 2. The monoisotopic (exact) mass is 403 g/mol. The summed E-state index contributed by atoms with van der Waals surface area (Å²) in [6.45, 7) is 6.83. The highest BCUT2D eigenvalue weighted by molar-refractivity contribution is 6.06. The Hall–Kier alpha value is -2.92. The van der Waals surface area contributed by atoms with Crippen LogP contribution in [0.15, 0.2) is 48.5 Å². The number of rotatable bonds is 5. The fraction of sp³-hybridized carbons (Fsp3) is 0.360. The number of likely N-dealkylation sites (tertiary alicyclic amines) is 1. The number of nitrogens with one attached hydrogen (secondary N) is 1. The van der Waals surface area contributed by atoms with Crippen LogP contribution < -0.4 is 10.1 Å². The number of benzene rings is 2. The van der Waals surface area contributed by atoms with Crippen LogP contribution in [0.4, 0.5) is 0 Å². The van der Waals surface area contributed by atoms with Gasteiger partial charge in [0.25, 0.3) is 5.91 Å². The van der Waals surface area contributed by atoms with Crippen molar-refractivity contribution in [3.8, 4) is 5.75 Å². The number of ether oxygens (including phenoxy) is 1. The van der Waals surface area contributed by atoms with E-state index in [9.17, 15) is 4.79 Å². The van der Waals surface area contributed by atoms with Crippen LogP contribution >= 0.6 is 0 Å². The molecule has 5 nitrogen and oxygen atoms in total. The predicted octanol–water partition coefficient (Wildman–Crippen LogP) is 4.25. The van der Waals surface area contributed by atoms with Crippen molar-refractivity contribution in [3.05, 3.63) is 70.9 Å². The molecular weight excluding hydrogens is 374 g/mol. The summed E-state index contributed by atoms with van der Waals surface area (Å²) in [5.41, 5.74) is 4.85. The average molecular weight is 404 g/mol. The molecule has 1 N–H and O–H groups in total. The third-order valence-corrected chi connectivity index (χ3v) is 5.80. The summed E-state index contributed by atoms with van der Waals surface area (Å²) in [7, 11) is 1.70. The first-order chi connectivity index (χ1) is 14.5. The van der Waals surface area contributed by atoms with Gasteiger partial charge in [0.15, 0.2) is 0 Å². The molecule has 2 heterocycles. The second kappa shape index (κ2) is 8.84. The molecule has 1 amide bonds. The SMILES string of the molecule is COc1cccc(CN2CCC(NC(=O)c3cc(C)nc4ccc(C)cc34)CC2)c1. The van der Waals surface area contributed by atoms with E-state index in [2.05, 4.69) is 27.3 Å². The molecular formula is C25H29N3O2. The molecule has 30 heavy (non-hydrogen) atoms. The Morgan fingerprint density at radius 3 is 2.70 bits per heavy atom. The molecule has 156 valence electrons. The first kappa shape index (κ1) is 20.4. The molecule has 4 rings (SSSR count). The standard InChI is InChI=1S/C25H29N3O2/c1-17-7-8-24-22(13-17)23(14-18(2)26-24)25(29)27-20-9-11-28(12-10-20)16-19-5-4-6-21(15-19)30-3/h4-8,13-15,20H,9-12,16H2,1-3H3,(H,27,29). The Bertz CT molecular complexity index is 1060.